The fourth-order valence-electron chi connectivity index (χ4n) is 2.26. The lowest BCUT2D eigenvalue weighted by molar-refractivity contribution is 0.464. The molecule has 4 heteroatoms. The molecule has 0 radical (unpaired) electrons. The molecule has 0 saturated heterocycles. The van der Waals surface area contributed by atoms with Gasteiger partial charge >= 0.3 is 0 Å². The Hall–Kier alpha value is -1.75. The number of nitrogens with one attached hydrogen (secondary N) is 1. The summed E-state index contributed by atoms with van der Waals surface area (Å²) in [5.41, 5.74) is 4.98. The van der Waals surface area contributed by atoms with E-state index in [4.69, 9.17) is 10.3 Å². The predicted molar refractivity (Wildman–Crippen MR) is 88.2 cm³/mol. The zero-order valence-electron chi connectivity index (χ0n) is 11.9. The van der Waals surface area contributed by atoms with E-state index in [0.717, 1.165) is 22.5 Å². The minimum Gasteiger partial charge on any atom is -0.459 e. The van der Waals surface area contributed by atoms with E-state index >= 15 is 0 Å². The van der Waals surface area contributed by atoms with Crippen molar-refractivity contribution in [2.75, 3.05) is 5.75 Å². The normalized spacial score (nSPS) is 12.7. The van der Waals surface area contributed by atoms with Gasteiger partial charge in [-0.3, -0.25) is 5.84 Å². The number of hydrogen-bond donors (Lipinski definition) is 2. The summed E-state index contributed by atoms with van der Waals surface area (Å²) in [5, 5.41) is 1.12. The molecular formula is C17H18N2OS. The standard InChI is InChI=1S/C17H18N2OS/c1-12-7-8-16-13(9-12)10-17(20-16)15(19-18)11-21-14-5-3-2-4-6-14/h2-10,15,19H,11,18H2,1H3. The van der Waals surface area contributed by atoms with Crippen molar-refractivity contribution in [1.82, 2.24) is 5.43 Å². The van der Waals surface area contributed by atoms with E-state index in [1.54, 1.807) is 11.8 Å². The summed E-state index contributed by atoms with van der Waals surface area (Å²) in [6, 6.07) is 18.5. The first-order chi connectivity index (χ1) is 10.3. The van der Waals surface area contributed by atoms with Gasteiger partial charge in [0.05, 0.1) is 6.04 Å². The fraction of sp³-hybridized carbons (Fsp3) is 0.176. The van der Waals surface area contributed by atoms with Crippen molar-refractivity contribution in [2.24, 2.45) is 5.84 Å². The number of benzene rings is 2. The van der Waals surface area contributed by atoms with E-state index in [1.165, 1.54) is 10.5 Å². The molecule has 0 amide bonds. The van der Waals surface area contributed by atoms with Crippen LogP contribution in [0.3, 0.4) is 0 Å². The molecule has 0 aliphatic rings. The molecule has 108 valence electrons. The van der Waals surface area contributed by atoms with Crippen LogP contribution in [-0.2, 0) is 0 Å². The highest BCUT2D eigenvalue weighted by Crippen LogP contribution is 2.28. The van der Waals surface area contributed by atoms with Crippen LogP contribution in [0.25, 0.3) is 11.0 Å². The highest BCUT2D eigenvalue weighted by atomic mass is 32.2. The first-order valence-corrected chi connectivity index (χ1v) is 7.89. The highest BCUT2D eigenvalue weighted by molar-refractivity contribution is 7.99. The second-order valence-electron chi connectivity index (χ2n) is 5.03. The maximum absolute atomic E-state index is 5.91. The van der Waals surface area contributed by atoms with Crippen molar-refractivity contribution in [3.8, 4) is 0 Å². The summed E-state index contributed by atoms with van der Waals surface area (Å²) in [6.07, 6.45) is 0. The molecule has 0 aliphatic heterocycles. The largest absolute Gasteiger partial charge is 0.459 e. The van der Waals surface area contributed by atoms with Gasteiger partial charge in [-0.05, 0) is 37.3 Å². The lowest BCUT2D eigenvalue weighted by Gasteiger charge is -2.12. The summed E-state index contributed by atoms with van der Waals surface area (Å²) in [6.45, 7) is 2.08. The zero-order valence-corrected chi connectivity index (χ0v) is 12.7. The molecule has 21 heavy (non-hydrogen) atoms. The zero-order chi connectivity index (χ0) is 14.7. The maximum Gasteiger partial charge on any atom is 0.134 e. The van der Waals surface area contributed by atoms with Crippen LogP contribution in [-0.4, -0.2) is 5.75 Å². The molecule has 3 aromatic rings. The van der Waals surface area contributed by atoms with Crippen molar-refractivity contribution < 1.29 is 4.42 Å². The predicted octanol–water partition coefficient (Wildman–Crippen LogP) is 4.04. The van der Waals surface area contributed by atoms with Gasteiger partial charge in [-0.25, -0.2) is 5.43 Å². The second kappa shape index (κ2) is 6.35. The average Bonchev–Trinajstić information content (AvgIpc) is 2.92. The molecule has 1 heterocycles. The number of fused-ring (bicyclic) bond motifs is 1. The number of aryl methyl sites for hydroxylation is 1. The van der Waals surface area contributed by atoms with Crippen LogP contribution >= 0.6 is 11.8 Å². The van der Waals surface area contributed by atoms with Crippen LogP contribution in [0.2, 0.25) is 0 Å². The fourth-order valence-corrected chi connectivity index (χ4v) is 3.23. The van der Waals surface area contributed by atoms with Gasteiger partial charge in [0.25, 0.3) is 0 Å². The monoisotopic (exact) mass is 298 g/mol. The molecular weight excluding hydrogens is 280 g/mol. The van der Waals surface area contributed by atoms with Crippen molar-refractivity contribution in [3.63, 3.8) is 0 Å². The van der Waals surface area contributed by atoms with Crippen molar-refractivity contribution in [2.45, 2.75) is 17.9 Å². The smallest absolute Gasteiger partial charge is 0.134 e. The average molecular weight is 298 g/mol. The Balaban J connectivity index is 1.78. The third-order valence-electron chi connectivity index (χ3n) is 3.40. The van der Waals surface area contributed by atoms with E-state index in [9.17, 15) is 0 Å². The molecule has 0 bridgehead atoms. The molecule has 1 aromatic heterocycles. The maximum atomic E-state index is 5.91. The minimum absolute atomic E-state index is 0.0112. The van der Waals surface area contributed by atoms with E-state index in [1.807, 2.05) is 24.3 Å². The van der Waals surface area contributed by atoms with E-state index < -0.39 is 0 Å². The lowest BCUT2D eigenvalue weighted by atomic mass is 10.1. The van der Waals surface area contributed by atoms with Crippen LogP contribution in [0.15, 0.2) is 63.9 Å². The van der Waals surface area contributed by atoms with E-state index in [-0.39, 0.29) is 6.04 Å². The molecule has 3 rings (SSSR count). The van der Waals surface area contributed by atoms with Gasteiger partial charge in [-0.1, -0.05) is 29.8 Å². The second-order valence-corrected chi connectivity index (χ2v) is 6.13. The molecule has 0 fully saturated rings. The quantitative estimate of drug-likeness (QED) is 0.424. The molecule has 1 atom stereocenters. The first-order valence-electron chi connectivity index (χ1n) is 6.90. The van der Waals surface area contributed by atoms with Crippen LogP contribution in [0, 0.1) is 6.92 Å². The molecule has 0 aliphatic carbocycles. The van der Waals surface area contributed by atoms with Gasteiger partial charge in [0, 0.05) is 16.0 Å². The Morgan fingerprint density at radius 1 is 1.14 bits per heavy atom. The molecule has 0 spiro atoms. The molecule has 1 unspecified atom stereocenters. The molecule has 0 saturated carbocycles. The third kappa shape index (κ3) is 3.29. The number of thioether (sulfide) groups is 1. The Morgan fingerprint density at radius 2 is 1.95 bits per heavy atom. The van der Waals surface area contributed by atoms with Gasteiger partial charge < -0.3 is 4.42 Å². The Labute approximate surface area is 128 Å². The minimum atomic E-state index is -0.0112. The molecule has 3 nitrogen and oxygen atoms in total. The van der Waals surface area contributed by atoms with Crippen LogP contribution in [0.4, 0.5) is 0 Å². The molecule has 2 aromatic carbocycles. The summed E-state index contributed by atoms with van der Waals surface area (Å²) in [7, 11) is 0. The van der Waals surface area contributed by atoms with Gasteiger partial charge in [-0.2, -0.15) is 0 Å². The van der Waals surface area contributed by atoms with Crippen LogP contribution in [0.1, 0.15) is 17.4 Å². The number of hydrazine groups is 1. The van der Waals surface area contributed by atoms with Gasteiger partial charge in [0.15, 0.2) is 0 Å². The Kier molecular flexibility index (Phi) is 4.29. The first kappa shape index (κ1) is 14.2. The number of nitrogens with two attached hydrogens (primary N) is 1. The van der Waals surface area contributed by atoms with Crippen molar-refractivity contribution in [3.05, 3.63) is 65.9 Å². The van der Waals surface area contributed by atoms with E-state index in [2.05, 4.69) is 42.7 Å². The van der Waals surface area contributed by atoms with Crippen LogP contribution in [0.5, 0.6) is 0 Å². The van der Waals surface area contributed by atoms with Crippen LogP contribution < -0.4 is 11.3 Å². The summed E-state index contributed by atoms with van der Waals surface area (Å²) in [4.78, 5) is 1.23. The number of rotatable bonds is 5. The molecule has 3 N–H and O–H groups in total. The third-order valence-corrected chi connectivity index (χ3v) is 4.50. The van der Waals surface area contributed by atoms with E-state index in [0.29, 0.717) is 0 Å². The van der Waals surface area contributed by atoms with Gasteiger partial charge in [0.1, 0.15) is 11.3 Å². The van der Waals surface area contributed by atoms with Gasteiger partial charge in [0.2, 0.25) is 0 Å². The summed E-state index contributed by atoms with van der Waals surface area (Å²) < 4.78 is 5.91. The Morgan fingerprint density at radius 3 is 2.71 bits per heavy atom. The highest BCUT2D eigenvalue weighted by Gasteiger charge is 2.15. The summed E-state index contributed by atoms with van der Waals surface area (Å²) >= 11 is 1.76. The topological polar surface area (TPSA) is 51.2 Å². The van der Waals surface area contributed by atoms with Crippen molar-refractivity contribution in [1.29, 1.82) is 0 Å². The van der Waals surface area contributed by atoms with Crippen molar-refractivity contribution >= 4 is 22.7 Å². The number of furan rings is 1. The number of hydrogen-bond acceptors (Lipinski definition) is 4. The Bertz CT molecular complexity index is 724. The van der Waals surface area contributed by atoms with Gasteiger partial charge in [-0.15, -0.1) is 11.8 Å². The lowest BCUT2D eigenvalue weighted by Crippen LogP contribution is -2.29. The summed E-state index contributed by atoms with van der Waals surface area (Å²) in [5.74, 6) is 7.39. The SMILES string of the molecule is Cc1ccc2oc(C(CSc3ccccc3)NN)cc2c1.